The van der Waals surface area contributed by atoms with Crippen LogP contribution in [-0.2, 0) is 4.79 Å². The fourth-order valence-corrected chi connectivity index (χ4v) is 4.37. The van der Waals surface area contributed by atoms with E-state index in [1.54, 1.807) is 0 Å². The van der Waals surface area contributed by atoms with Crippen LogP contribution >= 0.6 is 11.8 Å². The molecule has 1 N–H and O–H groups in total. The van der Waals surface area contributed by atoms with E-state index in [0.29, 0.717) is 17.7 Å². The first-order valence-corrected chi connectivity index (χ1v) is 10.0. The fraction of sp³-hybridized carbons (Fsp3) is 0.737. The van der Waals surface area contributed by atoms with Crippen molar-refractivity contribution in [2.45, 2.75) is 75.7 Å². The van der Waals surface area contributed by atoms with Crippen LogP contribution < -0.4 is 0 Å². The Morgan fingerprint density at radius 3 is 2.78 bits per heavy atom. The first-order valence-electron chi connectivity index (χ1n) is 9.05. The maximum atomic E-state index is 11.7. The summed E-state index contributed by atoms with van der Waals surface area (Å²) in [5.74, 6) is 1.33. The van der Waals surface area contributed by atoms with Crippen LogP contribution in [0.4, 0.5) is 0 Å². The summed E-state index contributed by atoms with van der Waals surface area (Å²) in [6, 6.07) is 0.168. The molecule has 130 valence electrons. The third kappa shape index (κ3) is 5.68. The smallest absolute Gasteiger partial charge is 0.225 e. The van der Waals surface area contributed by atoms with Crippen molar-refractivity contribution in [3.05, 3.63) is 24.3 Å². The summed E-state index contributed by atoms with van der Waals surface area (Å²) in [7, 11) is 0. The molecule has 0 aromatic carbocycles. The lowest BCUT2D eigenvalue weighted by atomic mass is 10.00. The molecule has 0 aromatic rings. The van der Waals surface area contributed by atoms with Crippen LogP contribution in [0, 0.1) is 0 Å². The van der Waals surface area contributed by atoms with Gasteiger partial charge in [-0.15, -0.1) is 0 Å². The number of carbonyl (C=O) groups is 1. The van der Waals surface area contributed by atoms with E-state index < -0.39 is 0 Å². The average molecular weight is 338 g/mol. The molecule has 3 nitrogen and oxygen atoms in total. The highest BCUT2D eigenvalue weighted by atomic mass is 32.2. The molecule has 1 amide bonds. The number of amides is 1. The Hall–Kier alpha value is -0.740. The fourth-order valence-electron chi connectivity index (χ4n) is 3.07. The molecule has 23 heavy (non-hydrogen) atoms. The summed E-state index contributed by atoms with van der Waals surface area (Å²) in [5.41, 5.74) is 0. The van der Waals surface area contributed by atoms with E-state index in [1.165, 1.54) is 25.7 Å². The van der Waals surface area contributed by atoms with Crippen LogP contribution in [0.2, 0.25) is 0 Å². The molecule has 2 aliphatic rings. The molecule has 1 saturated carbocycles. The van der Waals surface area contributed by atoms with Gasteiger partial charge in [0.05, 0.1) is 18.6 Å². The lowest BCUT2D eigenvalue weighted by molar-refractivity contribution is -0.142. The van der Waals surface area contributed by atoms with Crippen molar-refractivity contribution in [1.82, 2.24) is 4.90 Å². The van der Waals surface area contributed by atoms with E-state index in [2.05, 4.69) is 26.0 Å². The lowest BCUT2D eigenvalue weighted by Crippen LogP contribution is -2.51. The number of nitrogens with zero attached hydrogens (tertiary/aromatic N) is 1. The quantitative estimate of drug-likeness (QED) is 0.353. The van der Waals surface area contributed by atoms with E-state index in [4.69, 9.17) is 0 Å². The summed E-state index contributed by atoms with van der Waals surface area (Å²) < 4.78 is 0.329. The number of allylic oxidation sites excluding steroid dienone is 1. The standard InChI is InChI=1S/C19H31NO2S/c1-3-5-6-7-8-13-20-16(14-18(20)22)9-10-17(21)15-19(11-12-19)23-4-2/h7-10,16-17,21H,3-6,11-15H2,1-2H3/b8-7-,10-9+. The maximum absolute atomic E-state index is 11.7. The summed E-state index contributed by atoms with van der Waals surface area (Å²) >= 11 is 1.98. The average Bonchev–Trinajstić information content (AvgIpc) is 3.26. The van der Waals surface area contributed by atoms with Gasteiger partial charge in [0.2, 0.25) is 5.91 Å². The number of β-lactam (4-membered cyclic amide) rings is 1. The molecule has 0 aromatic heterocycles. The van der Waals surface area contributed by atoms with Crippen LogP contribution in [0.3, 0.4) is 0 Å². The van der Waals surface area contributed by atoms with Gasteiger partial charge in [-0.2, -0.15) is 11.8 Å². The van der Waals surface area contributed by atoms with Crippen LogP contribution in [0.1, 0.15) is 58.8 Å². The molecule has 2 fully saturated rings. The number of likely N-dealkylation sites (tertiary alicyclic amines) is 1. The van der Waals surface area contributed by atoms with Gasteiger partial charge >= 0.3 is 0 Å². The predicted octanol–water partition coefficient (Wildman–Crippen LogP) is 3.93. The number of rotatable bonds is 11. The van der Waals surface area contributed by atoms with Crippen molar-refractivity contribution in [2.24, 2.45) is 0 Å². The normalized spacial score (nSPS) is 24.4. The second-order valence-electron chi connectivity index (χ2n) is 6.70. The molecule has 0 bridgehead atoms. The third-order valence-corrected chi connectivity index (χ3v) is 6.17. The van der Waals surface area contributed by atoms with Crippen LogP contribution in [0.5, 0.6) is 0 Å². The Bertz CT molecular complexity index is 443. The van der Waals surface area contributed by atoms with E-state index >= 15 is 0 Å². The topological polar surface area (TPSA) is 40.5 Å². The van der Waals surface area contributed by atoms with Gasteiger partial charge in [0.25, 0.3) is 0 Å². The number of hydrogen-bond acceptors (Lipinski definition) is 3. The molecule has 1 heterocycles. The largest absolute Gasteiger partial charge is 0.389 e. The molecule has 0 spiro atoms. The van der Waals surface area contributed by atoms with Gasteiger partial charge in [0.1, 0.15) is 0 Å². The Balaban J connectivity index is 1.73. The second-order valence-corrected chi connectivity index (χ2v) is 8.44. The van der Waals surface area contributed by atoms with Crippen molar-refractivity contribution in [1.29, 1.82) is 0 Å². The van der Waals surface area contributed by atoms with Crippen LogP contribution in [0.15, 0.2) is 24.3 Å². The minimum atomic E-state index is -0.380. The van der Waals surface area contributed by atoms with Gasteiger partial charge in [-0.05, 0) is 31.4 Å². The molecular formula is C19H31NO2S. The lowest BCUT2D eigenvalue weighted by Gasteiger charge is -2.38. The van der Waals surface area contributed by atoms with E-state index in [9.17, 15) is 9.90 Å². The molecule has 1 aliphatic heterocycles. The summed E-state index contributed by atoms with van der Waals surface area (Å²) in [5, 5.41) is 10.2. The number of aliphatic hydroxyl groups excluding tert-OH is 1. The van der Waals surface area contributed by atoms with Crippen molar-refractivity contribution in [2.75, 3.05) is 12.3 Å². The molecule has 0 radical (unpaired) electrons. The number of aliphatic hydroxyl groups is 1. The Morgan fingerprint density at radius 2 is 2.17 bits per heavy atom. The van der Waals surface area contributed by atoms with E-state index in [1.807, 2.05) is 28.8 Å². The second kappa shape index (κ2) is 8.93. The van der Waals surface area contributed by atoms with Gasteiger partial charge in [-0.25, -0.2) is 0 Å². The number of hydrogen-bond donors (Lipinski definition) is 1. The van der Waals surface area contributed by atoms with Crippen molar-refractivity contribution >= 4 is 17.7 Å². The molecule has 2 unspecified atom stereocenters. The third-order valence-electron chi connectivity index (χ3n) is 4.69. The van der Waals surface area contributed by atoms with Crippen molar-refractivity contribution < 1.29 is 9.90 Å². The van der Waals surface area contributed by atoms with Gasteiger partial charge in [-0.1, -0.05) is 51.0 Å². The Kier molecular flexibility index (Phi) is 7.22. The number of carbonyl (C=O) groups excluding carboxylic acids is 1. The molecule has 2 atom stereocenters. The van der Waals surface area contributed by atoms with Gasteiger partial charge in [0.15, 0.2) is 0 Å². The number of thioether (sulfide) groups is 1. The minimum absolute atomic E-state index is 0.168. The molecule has 2 rings (SSSR count). The summed E-state index contributed by atoms with van der Waals surface area (Å²) in [6.07, 6.45) is 15.2. The van der Waals surface area contributed by atoms with E-state index in [-0.39, 0.29) is 18.1 Å². The zero-order valence-electron chi connectivity index (χ0n) is 14.5. The monoisotopic (exact) mass is 337 g/mol. The zero-order chi connectivity index (χ0) is 16.7. The summed E-state index contributed by atoms with van der Waals surface area (Å²) in [4.78, 5) is 13.6. The predicted molar refractivity (Wildman–Crippen MR) is 98.6 cm³/mol. The van der Waals surface area contributed by atoms with Crippen molar-refractivity contribution in [3.8, 4) is 0 Å². The Labute approximate surface area is 145 Å². The first kappa shape index (κ1) is 18.6. The van der Waals surface area contributed by atoms with Gasteiger partial charge < -0.3 is 10.0 Å². The molecule has 1 aliphatic carbocycles. The molecular weight excluding hydrogens is 306 g/mol. The van der Waals surface area contributed by atoms with Crippen molar-refractivity contribution in [3.63, 3.8) is 0 Å². The van der Waals surface area contributed by atoms with Gasteiger partial charge in [0, 0.05) is 11.3 Å². The molecule has 4 heteroatoms. The zero-order valence-corrected chi connectivity index (χ0v) is 15.4. The SMILES string of the molecule is CCCC/C=C\CN1C(=O)CC1/C=C/C(O)CC1(SCC)CC1. The summed E-state index contributed by atoms with van der Waals surface area (Å²) in [6.45, 7) is 5.06. The molecule has 1 saturated heterocycles. The maximum Gasteiger partial charge on any atom is 0.225 e. The van der Waals surface area contributed by atoms with E-state index in [0.717, 1.165) is 18.6 Å². The highest BCUT2D eigenvalue weighted by Gasteiger charge is 2.43. The highest BCUT2D eigenvalue weighted by Crippen LogP contribution is 2.51. The highest BCUT2D eigenvalue weighted by molar-refractivity contribution is 8.00. The van der Waals surface area contributed by atoms with Crippen LogP contribution in [0.25, 0.3) is 0 Å². The first-order chi connectivity index (χ1) is 11.1. The van der Waals surface area contributed by atoms with Gasteiger partial charge in [-0.3, -0.25) is 4.79 Å². The Morgan fingerprint density at radius 1 is 1.39 bits per heavy atom. The number of unbranched alkanes of at least 4 members (excludes halogenated alkanes) is 2. The van der Waals surface area contributed by atoms with Crippen LogP contribution in [-0.4, -0.2) is 45.1 Å². The minimum Gasteiger partial charge on any atom is -0.389 e.